The maximum atomic E-state index is 13.7. The molecule has 0 radical (unpaired) electrons. The van der Waals surface area contributed by atoms with Crippen LogP contribution in [0.4, 0.5) is 0 Å². The molecule has 1 aromatic carbocycles. The Bertz CT molecular complexity index is 1140. The van der Waals surface area contributed by atoms with Gasteiger partial charge in [0, 0.05) is 45.3 Å². The molecule has 2 fully saturated rings. The SMILES string of the molecule is COc1cccc(CN2CCN3C(=O)COCCOCCNC(=O)[C@@H](Cc4cn(CCO)nn4)NC(=O)[C@@H]3C2)c1. The molecule has 2 saturated heterocycles. The number of amides is 3. The van der Waals surface area contributed by atoms with Crippen LogP contribution in [0.1, 0.15) is 11.3 Å². The number of piperazine rings is 1. The summed E-state index contributed by atoms with van der Waals surface area (Å²) >= 11 is 0. The van der Waals surface area contributed by atoms with Gasteiger partial charge in [-0.3, -0.25) is 19.3 Å². The van der Waals surface area contributed by atoms with Crippen molar-refractivity contribution in [3.8, 4) is 5.75 Å². The number of methoxy groups -OCH3 is 1. The summed E-state index contributed by atoms with van der Waals surface area (Å²) in [6.07, 6.45) is 1.71. The topological polar surface area (TPSA) is 160 Å². The highest BCUT2D eigenvalue weighted by Crippen LogP contribution is 2.18. The van der Waals surface area contributed by atoms with Gasteiger partial charge < -0.3 is 34.9 Å². The van der Waals surface area contributed by atoms with Crippen molar-refractivity contribution in [2.24, 2.45) is 0 Å². The number of hydrogen-bond donors (Lipinski definition) is 3. The summed E-state index contributed by atoms with van der Waals surface area (Å²) in [7, 11) is 1.61. The maximum Gasteiger partial charge on any atom is 0.249 e. The second-order valence-electron chi connectivity index (χ2n) is 9.61. The predicted molar refractivity (Wildman–Crippen MR) is 141 cm³/mol. The van der Waals surface area contributed by atoms with Gasteiger partial charge >= 0.3 is 0 Å². The van der Waals surface area contributed by atoms with Crippen LogP contribution in [0.15, 0.2) is 30.5 Å². The molecule has 2 aromatic rings. The first-order chi connectivity index (χ1) is 19.5. The number of rotatable bonds is 7. The minimum Gasteiger partial charge on any atom is -0.497 e. The smallest absolute Gasteiger partial charge is 0.249 e. The number of carbonyl (C=O) groups excluding carboxylic acids is 3. The lowest BCUT2D eigenvalue weighted by molar-refractivity contribution is -0.148. The number of benzene rings is 1. The Balaban J connectivity index is 1.53. The van der Waals surface area contributed by atoms with Crippen LogP contribution < -0.4 is 15.4 Å². The average molecular weight is 560 g/mol. The molecule has 14 nitrogen and oxygen atoms in total. The third-order valence-electron chi connectivity index (χ3n) is 6.73. The van der Waals surface area contributed by atoms with E-state index in [0.717, 1.165) is 11.3 Å². The molecular weight excluding hydrogens is 522 g/mol. The Morgan fingerprint density at radius 1 is 1.12 bits per heavy atom. The van der Waals surface area contributed by atoms with Crippen molar-refractivity contribution in [2.75, 3.05) is 66.3 Å². The third kappa shape index (κ3) is 8.21. The van der Waals surface area contributed by atoms with Gasteiger partial charge in [-0.15, -0.1) is 5.10 Å². The highest BCUT2D eigenvalue weighted by Gasteiger charge is 2.37. The van der Waals surface area contributed by atoms with Crippen molar-refractivity contribution in [1.29, 1.82) is 0 Å². The van der Waals surface area contributed by atoms with Gasteiger partial charge in [-0.25, -0.2) is 4.68 Å². The van der Waals surface area contributed by atoms with Crippen LogP contribution in [-0.2, 0) is 43.4 Å². The van der Waals surface area contributed by atoms with E-state index in [-0.39, 0.29) is 65.0 Å². The lowest BCUT2D eigenvalue weighted by atomic mass is 10.1. The fourth-order valence-electron chi connectivity index (χ4n) is 4.70. The Labute approximate surface area is 232 Å². The summed E-state index contributed by atoms with van der Waals surface area (Å²) in [5, 5.41) is 22.8. The summed E-state index contributed by atoms with van der Waals surface area (Å²) in [6, 6.07) is 5.90. The van der Waals surface area contributed by atoms with Crippen LogP contribution in [0.3, 0.4) is 0 Å². The van der Waals surface area contributed by atoms with Crippen molar-refractivity contribution in [3.63, 3.8) is 0 Å². The molecule has 3 N–H and O–H groups in total. The van der Waals surface area contributed by atoms with Gasteiger partial charge in [-0.1, -0.05) is 17.3 Å². The highest BCUT2D eigenvalue weighted by molar-refractivity contribution is 5.92. The first kappa shape index (κ1) is 29.4. The monoisotopic (exact) mass is 559 g/mol. The molecule has 0 saturated carbocycles. The van der Waals surface area contributed by atoms with Crippen LogP contribution in [0, 0.1) is 0 Å². The zero-order valence-electron chi connectivity index (χ0n) is 22.7. The first-order valence-corrected chi connectivity index (χ1v) is 13.3. The molecule has 2 aliphatic rings. The molecule has 3 amide bonds. The largest absolute Gasteiger partial charge is 0.497 e. The van der Waals surface area contributed by atoms with E-state index in [0.29, 0.717) is 25.3 Å². The van der Waals surface area contributed by atoms with E-state index in [9.17, 15) is 14.4 Å². The summed E-state index contributed by atoms with van der Waals surface area (Å²) < 4.78 is 17.8. The molecular formula is C26H37N7O7. The van der Waals surface area contributed by atoms with E-state index in [1.807, 2.05) is 24.3 Å². The van der Waals surface area contributed by atoms with Gasteiger partial charge in [0.1, 0.15) is 24.4 Å². The summed E-state index contributed by atoms with van der Waals surface area (Å²) in [5.74, 6) is -0.410. The van der Waals surface area contributed by atoms with Crippen molar-refractivity contribution in [3.05, 3.63) is 41.7 Å². The Kier molecular flexibility index (Phi) is 10.8. The normalized spacial score (nSPS) is 22.1. The van der Waals surface area contributed by atoms with E-state index < -0.39 is 23.9 Å². The van der Waals surface area contributed by atoms with Crippen molar-refractivity contribution in [1.82, 2.24) is 35.4 Å². The number of nitrogens with one attached hydrogen (secondary N) is 2. The molecule has 2 atom stereocenters. The predicted octanol–water partition coefficient (Wildman–Crippen LogP) is -1.82. The minimum atomic E-state index is -0.959. The number of aliphatic hydroxyl groups excluding tert-OH is 1. The lowest BCUT2D eigenvalue weighted by Crippen LogP contribution is -2.63. The minimum absolute atomic E-state index is 0.0845. The van der Waals surface area contributed by atoms with Gasteiger partial charge in [0.15, 0.2) is 0 Å². The molecule has 0 spiro atoms. The van der Waals surface area contributed by atoms with Gasteiger partial charge in [0.2, 0.25) is 17.7 Å². The number of fused-ring (bicyclic) bond motifs is 1. The molecule has 0 bridgehead atoms. The maximum absolute atomic E-state index is 13.7. The number of carbonyl (C=O) groups is 3. The number of nitrogens with zero attached hydrogens (tertiary/aromatic N) is 5. The number of ether oxygens (including phenoxy) is 3. The molecule has 1 aromatic heterocycles. The molecule has 0 unspecified atom stereocenters. The van der Waals surface area contributed by atoms with E-state index in [1.165, 1.54) is 9.58 Å². The molecule has 3 heterocycles. The quantitative estimate of drug-likeness (QED) is 0.353. The average Bonchev–Trinajstić information content (AvgIpc) is 3.40. The zero-order valence-corrected chi connectivity index (χ0v) is 22.7. The second kappa shape index (κ2) is 14.7. The summed E-state index contributed by atoms with van der Waals surface area (Å²) in [6.45, 7) is 2.71. The fraction of sp³-hybridized carbons (Fsp3) is 0.577. The van der Waals surface area contributed by atoms with Gasteiger partial charge in [0.05, 0.1) is 45.8 Å². The van der Waals surface area contributed by atoms with Crippen LogP contribution in [-0.4, -0.2) is 126 Å². The molecule has 4 rings (SSSR count). The Hall–Kier alpha value is -3.59. The second-order valence-corrected chi connectivity index (χ2v) is 9.61. The van der Waals surface area contributed by atoms with Crippen molar-refractivity contribution < 1.29 is 33.7 Å². The van der Waals surface area contributed by atoms with Crippen LogP contribution in [0.5, 0.6) is 5.75 Å². The fourth-order valence-corrected chi connectivity index (χ4v) is 4.70. The molecule has 14 heteroatoms. The Morgan fingerprint density at radius 3 is 2.80 bits per heavy atom. The first-order valence-electron chi connectivity index (χ1n) is 13.3. The molecule has 0 aliphatic carbocycles. The van der Waals surface area contributed by atoms with Crippen molar-refractivity contribution in [2.45, 2.75) is 31.6 Å². The third-order valence-corrected chi connectivity index (χ3v) is 6.73. The summed E-state index contributed by atoms with van der Waals surface area (Å²) in [5.41, 5.74) is 1.50. The molecule has 218 valence electrons. The Morgan fingerprint density at radius 2 is 1.98 bits per heavy atom. The summed E-state index contributed by atoms with van der Waals surface area (Å²) in [4.78, 5) is 43.6. The van der Waals surface area contributed by atoms with Crippen LogP contribution in [0.25, 0.3) is 0 Å². The standard InChI is InChI=1S/C26H37N7O7/c1-38-21-4-2-3-19(13-21)15-31-6-7-33-23(17-31)26(37)28-22(14-20-16-32(8-9-34)30-29-20)25(36)27-5-10-39-11-12-40-18-24(33)35/h2-4,13,16,22-23,34H,5-12,14-15,17-18H2,1H3,(H,27,36)(H,28,37)/t22-,23+/m1/s1. The van der Waals surface area contributed by atoms with Gasteiger partial charge in [0.25, 0.3) is 0 Å². The van der Waals surface area contributed by atoms with Crippen molar-refractivity contribution >= 4 is 17.7 Å². The van der Waals surface area contributed by atoms with E-state index in [1.54, 1.807) is 13.3 Å². The lowest BCUT2D eigenvalue weighted by Gasteiger charge is -2.41. The number of hydrogen-bond acceptors (Lipinski definition) is 10. The number of aromatic nitrogens is 3. The van der Waals surface area contributed by atoms with E-state index in [2.05, 4.69) is 25.8 Å². The molecule has 2 aliphatic heterocycles. The highest BCUT2D eigenvalue weighted by atomic mass is 16.5. The molecule has 40 heavy (non-hydrogen) atoms. The van der Waals surface area contributed by atoms with Gasteiger partial charge in [-0.2, -0.15) is 0 Å². The van der Waals surface area contributed by atoms with E-state index >= 15 is 0 Å². The van der Waals surface area contributed by atoms with Crippen LogP contribution >= 0.6 is 0 Å². The van der Waals surface area contributed by atoms with Gasteiger partial charge in [-0.05, 0) is 17.7 Å². The van der Waals surface area contributed by atoms with Crippen LogP contribution in [0.2, 0.25) is 0 Å². The van der Waals surface area contributed by atoms with E-state index in [4.69, 9.17) is 19.3 Å². The zero-order chi connectivity index (χ0) is 28.3. The number of aliphatic hydroxyl groups is 1.